The van der Waals surface area contributed by atoms with Crippen LogP contribution in [0.4, 0.5) is 5.82 Å². The predicted molar refractivity (Wildman–Crippen MR) is 106 cm³/mol. The van der Waals surface area contributed by atoms with E-state index >= 15 is 0 Å². The zero-order valence-electron chi connectivity index (χ0n) is 16.7. The SMILES string of the molecule is Cc1cc(C(=O)NC2C(c3ccc(N4CCOCC4)nc3)CC(O)C2O)n(C)n1. The number of pyridine rings is 1. The van der Waals surface area contributed by atoms with Crippen molar-refractivity contribution < 1.29 is 19.7 Å². The van der Waals surface area contributed by atoms with Gasteiger partial charge in [0.2, 0.25) is 0 Å². The molecule has 0 radical (unpaired) electrons. The van der Waals surface area contributed by atoms with Crippen LogP contribution < -0.4 is 10.2 Å². The van der Waals surface area contributed by atoms with Crippen LogP contribution in [-0.2, 0) is 11.8 Å². The maximum absolute atomic E-state index is 12.7. The Kier molecular flexibility index (Phi) is 5.53. The average Bonchev–Trinajstić information content (AvgIpc) is 3.21. The molecule has 0 spiro atoms. The first-order chi connectivity index (χ1) is 13.9. The summed E-state index contributed by atoms with van der Waals surface area (Å²) >= 11 is 0. The van der Waals surface area contributed by atoms with Gasteiger partial charge in [0.1, 0.15) is 17.6 Å². The lowest BCUT2D eigenvalue weighted by Gasteiger charge is -2.28. The highest BCUT2D eigenvalue weighted by molar-refractivity contribution is 5.93. The van der Waals surface area contributed by atoms with E-state index in [1.54, 1.807) is 19.3 Å². The van der Waals surface area contributed by atoms with E-state index in [2.05, 4.69) is 20.3 Å². The van der Waals surface area contributed by atoms with E-state index in [1.807, 2.05) is 19.1 Å². The monoisotopic (exact) mass is 401 g/mol. The Morgan fingerprint density at radius 3 is 2.66 bits per heavy atom. The highest BCUT2D eigenvalue weighted by atomic mass is 16.5. The Bertz CT molecular complexity index is 862. The number of aromatic nitrogens is 3. The second-order valence-corrected chi connectivity index (χ2v) is 7.74. The van der Waals surface area contributed by atoms with Crippen molar-refractivity contribution in [2.24, 2.45) is 7.05 Å². The number of hydrogen-bond acceptors (Lipinski definition) is 7. The standard InChI is InChI=1S/C20H27N5O4/c1-12-9-15(24(2)23-12)20(28)22-18-14(10-16(26)19(18)27)13-3-4-17(21-11-13)25-5-7-29-8-6-25/h3-4,9,11,14,16,18-19,26-27H,5-8,10H2,1-2H3,(H,22,28). The molecule has 4 atom stereocenters. The minimum atomic E-state index is -1.04. The second kappa shape index (κ2) is 8.10. The van der Waals surface area contributed by atoms with Gasteiger partial charge in [0.25, 0.3) is 5.91 Å². The number of morpholine rings is 1. The molecule has 1 saturated carbocycles. The van der Waals surface area contributed by atoms with Gasteiger partial charge in [-0.2, -0.15) is 5.10 Å². The molecule has 4 unspecified atom stereocenters. The van der Waals surface area contributed by atoms with Gasteiger partial charge in [-0.25, -0.2) is 4.98 Å². The Hall–Kier alpha value is -2.49. The summed E-state index contributed by atoms with van der Waals surface area (Å²) in [6.45, 7) is 4.79. The van der Waals surface area contributed by atoms with Gasteiger partial charge in [-0.3, -0.25) is 9.48 Å². The molecule has 29 heavy (non-hydrogen) atoms. The molecule has 1 aliphatic heterocycles. The Morgan fingerprint density at radius 2 is 2.03 bits per heavy atom. The van der Waals surface area contributed by atoms with Crippen molar-refractivity contribution in [1.29, 1.82) is 0 Å². The molecule has 1 amide bonds. The van der Waals surface area contributed by atoms with Crippen molar-refractivity contribution in [2.75, 3.05) is 31.2 Å². The van der Waals surface area contributed by atoms with Crippen LogP contribution in [-0.4, -0.2) is 75.4 Å². The van der Waals surface area contributed by atoms with Crippen LogP contribution in [0.25, 0.3) is 0 Å². The molecule has 1 aliphatic carbocycles. The van der Waals surface area contributed by atoms with Crippen LogP contribution in [0.2, 0.25) is 0 Å². The summed E-state index contributed by atoms with van der Waals surface area (Å²) in [5.41, 5.74) is 2.03. The van der Waals surface area contributed by atoms with Gasteiger partial charge in [-0.15, -0.1) is 0 Å². The third kappa shape index (κ3) is 3.98. The number of carbonyl (C=O) groups is 1. The van der Waals surface area contributed by atoms with E-state index in [4.69, 9.17) is 4.74 Å². The summed E-state index contributed by atoms with van der Waals surface area (Å²) in [5, 5.41) is 27.8. The maximum Gasteiger partial charge on any atom is 0.269 e. The summed E-state index contributed by atoms with van der Waals surface area (Å²) in [4.78, 5) is 19.5. The molecule has 0 aromatic carbocycles. The van der Waals surface area contributed by atoms with Crippen LogP contribution in [0.1, 0.15) is 34.1 Å². The molecule has 156 valence electrons. The highest BCUT2D eigenvalue weighted by Gasteiger charge is 2.43. The Labute approximate surface area is 169 Å². The van der Waals surface area contributed by atoms with Gasteiger partial charge in [-0.05, 0) is 31.0 Å². The van der Waals surface area contributed by atoms with Gasteiger partial charge in [0.15, 0.2) is 0 Å². The van der Waals surface area contributed by atoms with Crippen LogP contribution >= 0.6 is 0 Å². The molecule has 9 heteroatoms. The van der Waals surface area contributed by atoms with Gasteiger partial charge in [-0.1, -0.05) is 6.07 Å². The molecule has 3 N–H and O–H groups in total. The van der Waals surface area contributed by atoms with Gasteiger partial charge in [0.05, 0.1) is 31.1 Å². The number of nitrogens with one attached hydrogen (secondary N) is 1. The molecule has 1 saturated heterocycles. The first-order valence-corrected chi connectivity index (χ1v) is 9.90. The van der Waals surface area contributed by atoms with E-state index in [0.29, 0.717) is 25.3 Å². The lowest BCUT2D eigenvalue weighted by molar-refractivity contribution is 0.0293. The van der Waals surface area contributed by atoms with Crippen LogP contribution in [0, 0.1) is 6.92 Å². The van der Waals surface area contributed by atoms with E-state index in [0.717, 1.165) is 30.2 Å². The summed E-state index contributed by atoms with van der Waals surface area (Å²) in [6, 6.07) is 4.99. The summed E-state index contributed by atoms with van der Waals surface area (Å²) < 4.78 is 6.89. The number of aliphatic hydroxyl groups is 2. The molecule has 9 nitrogen and oxygen atoms in total. The van der Waals surface area contributed by atoms with E-state index in [-0.39, 0.29) is 11.8 Å². The molecule has 3 heterocycles. The molecule has 2 fully saturated rings. The van der Waals surface area contributed by atoms with Crippen molar-refractivity contribution >= 4 is 11.7 Å². The molecule has 4 rings (SSSR count). The lowest BCUT2D eigenvalue weighted by Crippen LogP contribution is -2.45. The largest absolute Gasteiger partial charge is 0.390 e. The number of aliphatic hydroxyl groups excluding tert-OH is 2. The van der Waals surface area contributed by atoms with Crippen molar-refractivity contribution in [3.05, 3.63) is 41.3 Å². The van der Waals surface area contributed by atoms with Crippen LogP contribution in [0.15, 0.2) is 24.4 Å². The fourth-order valence-corrected chi connectivity index (χ4v) is 4.20. The fraction of sp³-hybridized carbons (Fsp3) is 0.550. The Balaban J connectivity index is 1.52. The van der Waals surface area contributed by atoms with Gasteiger partial charge >= 0.3 is 0 Å². The van der Waals surface area contributed by atoms with Crippen LogP contribution in [0.5, 0.6) is 0 Å². The molecular formula is C20H27N5O4. The summed E-state index contributed by atoms with van der Waals surface area (Å²) in [6.07, 6.45) is 0.178. The van der Waals surface area contributed by atoms with Crippen molar-refractivity contribution in [2.45, 2.75) is 37.5 Å². The minimum absolute atomic E-state index is 0.232. The topological polar surface area (TPSA) is 113 Å². The molecule has 2 aromatic heterocycles. The van der Waals surface area contributed by atoms with Gasteiger partial charge < -0.3 is 25.2 Å². The van der Waals surface area contributed by atoms with E-state index in [1.165, 1.54) is 4.68 Å². The minimum Gasteiger partial charge on any atom is -0.390 e. The number of ether oxygens (including phenoxy) is 1. The van der Waals surface area contributed by atoms with Crippen molar-refractivity contribution in [3.8, 4) is 0 Å². The maximum atomic E-state index is 12.7. The number of carbonyl (C=O) groups excluding carboxylic acids is 1. The smallest absolute Gasteiger partial charge is 0.269 e. The van der Waals surface area contributed by atoms with Crippen LogP contribution in [0.3, 0.4) is 0 Å². The zero-order valence-corrected chi connectivity index (χ0v) is 16.7. The third-order valence-electron chi connectivity index (χ3n) is 5.76. The Morgan fingerprint density at radius 1 is 1.28 bits per heavy atom. The van der Waals surface area contributed by atoms with Crippen molar-refractivity contribution in [3.63, 3.8) is 0 Å². The highest BCUT2D eigenvalue weighted by Crippen LogP contribution is 2.35. The number of anilines is 1. The average molecular weight is 401 g/mol. The number of nitrogens with zero attached hydrogens (tertiary/aromatic N) is 4. The third-order valence-corrected chi connectivity index (χ3v) is 5.76. The summed E-state index contributed by atoms with van der Waals surface area (Å²) in [7, 11) is 1.70. The number of rotatable bonds is 4. The first-order valence-electron chi connectivity index (χ1n) is 9.90. The first kappa shape index (κ1) is 19.8. The number of hydrogen-bond donors (Lipinski definition) is 3. The van der Waals surface area contributed by atoms with E-state index < -0.39 is 18.2 Å². The fourth-order valence-electron chi connectivity index (χ4n) is 4.20. The van der Waals surface area contributed by atoms with Gasteiger partial charge in [0, 0.05) is 32.3 Å². The molecule has 2 aliphatic rings. The lowest BCUT2D eigenvalue weighted by atomic mass is 9.94. The number of aryl methyl sites for hydroxylation is 2. The van der Waals surface area contributed by atoms with Crippen molar-refractivity contribution in [1.82, 2.24) is 20.1 Å². The predicted octanol–water partition coefficient (Wildman–Crippen LogP) is -0.0322. The quantitative estimate of drug-likeness (QED) is 0.659. The summed E-state index contributed by atoms with van der Waals surface area (Å²) in [5.74, 6) is 0.320. The van der Waals surface area contributed by atoms with E-state index in [9.17, 15) is 15.0 Å². The molecular weight excluding hydrogens is 374 g/mol. The molecule has 2 aromatic rings. The second-order valence-electron chi connectivity index (χ2n) is 7.74. The normalized spacial score (nSPS) is 27.2. The molecule has 0 bridgehead atoms. The number of amides is 1. The zero-order chi connectivity index (χ0) is 20.5.